The van der Waals surface area contributed by atoms with Crippen LogP contribution in [0.4, 0.5) is 5.69 Å². The molecule has 1 aromatic rings. The van der Waals surface area contributed by atoms with E-state index in [1.54, 1.807) is 0 Å². The third-order valence-corrected chi connectivity index (χ3v) is 4.24. The summed E-state index contributed by atoms with van der Waals surface area (Å²) in [4.78, 5) is 0. The second kappa shape index (κ2) is 7.63. The molecule has 1 aliphatic carbocycles. The highest BCUT2D eigenvalue weighted by molar-refractivity contribution is 7.80. The number of hydrogen-bond acceptors (Lipinski definition) is 1. The van der Waals surface area contributed by atoms with Crippen molar-refractivity contribution in [1.82, 2.24) is 5.32 Å². The van der Waals surface area contributed by atoms with E-state index in [9.17, 15) is 0 Å². The summed E-state index contributed by atoms with van der Waals surface area (Å²) in [5.41, 5.74) is 2.45. The van der Waals surface area contributed by atoms with Gasteiger partial charge in [0.2, 0.25) is 0 Å². The van der Waals surface area contributed by atoms with Gasteiger partial charge >= 0.3 is 0 Å². The Morgan fingerprint density at radius 2 is 1.75 bits per heavy atom. The normalized spacial score (nSPS) is 16.8. The molecule has 2 rings (SSSR count). The van der Waals surface area contributed by atoms with Crippen LogP contribution in [-0.4, -0.2) is 11.2 Å². The monoisotopic (exact) mass is 290 g/mol. The Balaban J connectivity index is 1.94. The topological polar surface area (TPSA) is 24.1 Å². The number of benzene rings is 1. The van der Waals surface area contributed by atoms with Gasteiger partial charge in [-0.3, -0.25) is 0 Å². The van der Waals surface area contributed by atoms with E-state index in [1.807, 2.05) is 0 Å². The average molecular weight is 290 g/mol. The molecule has 0 amide bonds. The van der Waals surface area contributed by atoms with E-state index in [1.165, 1.54) is 44.1 Å². The van der Waals surface area contributed by atoms with Crippen molar-refractivity contribution >= 4 is 23.0 Å². The van der Waals surface area contributed by atoms with Gasteiger partial charge in [0.25, 0.3) is 0 Å². The predicted molar refractivity (Wildman–Crippen MR) is 91.4 cm³/mol. The lowest BCUT2D eigenvalue weighted by Gasteiger charge is -2.21. The maximum absolute atomic E-state index is 5.49. The van der Waals surface area contributed by atoms with Crippen LogP contribution in [0.5, 0.6) is 0 Å². The zero-order valence-corrected chi connectivity index (χ0v) is 13.4. The van der Waals surface area contributed by atoms with Gasteiger partial charge in [0, 0.05) is 11.7 Å². The van der Waals surface area contributed by atoms with E-state index in [4.69, 9.17) is 12.2 Å². The highest BCUT2D eigenvalue weighted by Crippen LogP contribution is 2.24. The molecule has 0 radical (unpaired) electrons. The first-order chi connectivity index (χ1) is 9.66. The molecule has 0 bridgehead atoms. The Hall–Kier alpha value is -1.09. The fourth-order valence-electron chi connectivity index (χ4n) is 2.88. The summed E-state index contributed by atoms with van der Waals surface area (Å²) in [5, 5.41) is 7.64. The molecule has 20 heavy (non-hydrogen) atoms. The van der Waals surface area contributed by atoms with Crippen LogP contribution in [-0.2, 0) is 0 Å². The number of anilines is 1. The Morgan fingerprint density at radius 1 is 1.10 bits per heavy atom. The summed E-state index contributed by atoms with van der Waals surface area (Å²) in [6, 6.07) is 8.96. The van der Waals surface area contributed by atoms with Crippen LogP contribution in [0, 0.1) is 0 Å². The fraction of sp³-hybridized carbons (Fsp3) is 0.588. The molecule has 0 spiro atoms. The molecule has 2 nitrogen and oxygen atoms in total. The van der Waals surface area contributed by atoms with Gasteiger partial charge in [-0.15, -0.1) is 0 Å². The standard InChI is InChI=1S/C17H26N2S/c1-13(2)15-11-7-8-12-16(15)19-17(20)18-14-9-5-3-4-6-10-14/h7-8,11-14H,3-6,9-10H2,1-2H3,(H2,18,19,20). The molecule has 0 heterocycles. The van der Waals surface area contributed by atoms with Gasteiger partial charge in [-0.25, -0.2) is 0 Å². The van der Waals surface area contributed by atoms with Crippen LogP contribution in [0.15, 0.2) is 24.3 Å². The van der Waals surface area contributed by atoms with E-state index in [-0.39, 0.29) is 0 Å². The third kappa shape index (κ3) is 4.48. The van der Waals surface area contributed by atoms with E-state index in [2.05, 4.69) is 48.7 Å². The van der Waals surface area contributed by atoms with Gasteiger partial charge in [0.1, 0.15) is 0 Å². The van der Waals surface area contributed by atoms with Crippen molar-refractivity contribution in [2.45, 2.75) is 64.3 Å². The minimum Gasteiger partial charge on any atom is -0.360 e. The van der Waals surface area contributed by atoms with Crippen molar-refractivity contribution in [3.05, 3.63) is 29.8 Å². The summed E-state index contributed by atoms with van der Waals surface area (Å²) in [5.74, 6) is 0.499. The molecule has 1 aromatic carbocycles. The SMILES string of the molecule is CC(C)c1ccccc1NC(=S)NC1CCCCCC1. The second-order valence-electron chi connectivity index (χ2n) is 6.03. The van der Waals surface area contributed by atoms with Crippen LogP contribution < -0.4 is 10.6 Å². The molecular formula is C17H26N2S. The van der Waals surface area contributed by atoms with Crippen molar-refractivity contribution in [2.75, 3.05) is 5.32 Å². The summed E-state index contributed by atoms with van der Waals surface area (Å²) in [7, 11) is 0. The first-order valence-corrected chi connectivity index (χ1v) is 8.24. The largest absolute Gasteiger partial charge is 0.360 e. The Morgan fingerprint density at radius 3 is 2.40 bits per heavy atom. The van der Waals surface area contributed by atoms with E-state index in [0.29, 0.717) is 12.0 Å². The van der Waals surface area contributed by atoms with Crippen LogP contribution in [0.1, 0.15) is 63.9 Å². The minimum absolute atomic E-state index is 0.499. The number of thiocarbonyl (C=S) groups is 1. The molecule has 0 unspecified atom stereocenters. The second-order valence-corrected chi connectivity index (χ2v) is 6.44. The molecule has 1 fully saturated rings. The van der Waals surface area contributed by atoms with Crippen LogP contribution in [0.3, 0.4) is 0 Å². The first-order valence-electron chi connectivity index (χ1n) is 7.83. The minimum atomic E-state index is 0.499. The maximum Gasteiger partial charge on any atom is 0.171 e. The highest BCUT2D eigenvalue weighted by Gasteiger charge is 2.14. The first kappa shape index (κ1) is 15.3. The fourth-order valence-corrected chi connectivity index (χ4v) is 3.16. The molecule has 1 aliphatic rings. The van der Waals surface area contributed by atoms with Gasteiger partial charge in [-0.2, -0.15) is 0 Å². The number of para-hydroxylation sites is 1. The number of nitrogens with one attached hydrogen (secondary N) is 2. The van der Waals surface area contributed by atoms with Crippen LogP contribution in [0.25, 0.3) is 0 Å². The van der Waals surface area contributed by atoms with Crippen molar-refractivity contribution in [3.8, 4) is 0 Å². The average Bonchev–Trinajstić information content (AvgIpc) is 2.67. The van der Waals surface area contributed by atoms with Gasteiger partial charge in [-0.1, -0.05) is 57.7 Å². The van der Waals surface area contributed by atoms with E-state index < -0.39 is 0 Å². The zero-order chi connectivity index (χ0) is 14.4. The number of hydrogen-bond donors (Lipinski definition) is 2. The molecule has 0 aromatic heterocycles. The van der Waals surface area contributed by atoms with Crippen molar-refractivity contribution in [3.63, 3.8) is 0 Å². The third-order valence-electron chi connectivity index (χ3n) is 4.02. The van der Waals surface area contributed by atoms with Crippen LogP contribution in [0.2, 0.25) is 0 Å². The van der Waals surface area contributed by atoms with Crippen LogP contribution >= 0.6 is 12.2 Å². The maximum atomic E-state index is 5.49. The van der Waals surface area contributed by atoms with Gasteiger partial charge < -0.3 is 10.6 Å². The predicted octanol–water partition coefficient (Wildman–Crippen LogP) is 4.82. The lowest BCUT2D eigenvalue weighted by molar-refractivity contribution is 0.535. The molecular weight excluding hydrogens is 264 g/mol. The molecule has 2 N–H and O–H groups in total. The Labute approximate surface area is 128 Å². The smallest absolute Gasteiger partial charge is 0.171 e. The highest BCUT2D eigenvalue weighted by atomic mass is 32.1. The number of rotatable bonds is 3. The Kier molecular flexibility index (Phi) is 5.84. The summed E-state index contributed by atoms with van der Waals surface area (Å²) in [6.45, 7) is 4.42. The van der Waals surface area contributed by atoms with Crippen molar-refractivity contribution in [2.24, 2.45) is 0 Å². The van der Waals surface area contributed by atoms with E-state index in [0.717, 1.165) is 10.8 Å². The molecule has 0 atom stereocenters. The lowest BCUT2D eigenvalue weighted by Crippen LogP contribution is -2.37. The zero-order valence-electron chi connectivity index (χ0n) is 12.6. The Bertz CT molecular complexity index is 434. The van der Waals surface area contributed by atoms with Gasteiger partial charge in [0.05, 0.1) is 0 Å². The molecule has 110 valence electrons. The summed E-state index contributed by atoms with van der Waals surface area (Å²) >= 11 is 5.49. The van der Waals surface area contributed by atoms with Crippen molar-refractivity contribution < 1.29 is 0 Å². The molecule has 1 saturated carbocycles. The van der Waals surface area contributed by atoms with Gasteiger partial charge in [0.15, 0.2) is 5.11 Å². The summed E-state index contributed by atoms with van der Waals surface area (Å²) < 4.78 is 0. The molecule has 0 aliphatic heterocycles. The van der Waals surface area contributed by atoms with Gasteiger partial charge in [-0.05, 0) is 42.6 Å². The quantitative estimate of drug-likeness (QED) is 0.616. The molecule has 0 saturated heterocycles. The van der Waals surface area contributed by atoms with E-state index >= 15 is 0 Å². The molecule has 3 heteroatoms. The summed E-state index contributed by atoms with van der Waals surface area (Å²) in [6.07, 6.45) is 7.87. The van der Waals surface area contributed by atoms with Crippen molar-refractivity contribution in [1.29, 1.82) is 0 Å². The lowest BCUT2D eigenvalue weighted by atomic mass is 10.0.